The van der Waals surface area contributed by atoms with E-state index in [1.54, 1.807) is 0 Å². The van der Waals surface area contributed by atoms with Gasteiger partial charge in [0, 0.05) is 6.04 Å². The zero-order valence-electron chi connectivity index (χ0n) is 6.70. The van der Waals surface area contributed by atoms with Gasteiger partial charge in [-0.05, 0) is 49.4 Å². The topological polar surface area (TPSA) is 26.0 Å². The molecule has 64 valence electrons. The van der Waals surface area contributed by atoms with Gasteiger partial charge in [-0.25, -0.2) is 0 Å². The Morgan fingerprint density at radius 2 is 1.73 bits per heavy atom. The summed E-state index contributed by atoms with van der Waals surface area (Å²) >= 11 is 0. The average Bonchev–Trinajstić information content (AvgIpc) is 2.40. The van der Waals surface area contributed by atoms with E-state index in [1.165, 1.54) is 25.7 Å². The summed E-state index contributed by atoms with van der Waals surface area (Å²) in [6.45, 7) is 0. The normalized spacial score (nSPS) is 58.1. The van der Waals surface area contributed by atoms with Crippen LogP contribution in [0.4, 0.5) is 0 Å². The van der Waals surface area contributed by atoms with Crippen molar-refractivity contribution in [2.75, 3.05) is 0 Å². The fourth-order valence-electron chi connectivity index (χ4n) is 3.75. The molecule has 3 aliphatic carbocycles. The van der Waals surface area contributed by atoms with E-state index in [4.69, 9.17) is 5.73 Å². The largest absolute Gasteiger partial charge is 0.327 e. The van der Waals surface area contributed by atoms with Gasteiger partial charge in [-0.15, -0.1) is 12.4 Å². The fourth-order valence-corrected chi connectivity index (χ4v) is 3.75. The van der Waals surface area contributed by atoms with E-state index in [9.17, 15) is 0 Å². The molecule has 3 rings (SSSR count). The molecule has 11 heavy (non-hydrogen) atoms. The Hall–Kier alpha value is 0.250. The van der Waals surface area contributed by atoms with E-state index in [1.807, 2.05) is 0 Å². The van der Waals surface area contributed by atoms with Crippen molar-refractivity contribution in [2.24, 2.45) is 29.4 Å². The number of halogens is 1. The second-order valence-corrected chi connectivity index (χ2v) is 4.47. The maximum Gasteiger partial charge on any atom is 0.00754 e. The molecule has 0 amide bonds. The smallest absolute Gasteiger partial charge is 0.00754 e. The van der Waals surface area contributed by atoms with Crippen molar-refractivity contribution in [2.45, 2.75) is 31.7 Å². The van der Waals surface area contributed by atoms with Crippen LogP contribution in [0.25, 0.3) is 0 Å². The molecule has 2 bridgehead atoms. The Kier molecular flexibility index (Phi) is 1.69. The monoisotopic (exact) mass is 173 g/mol. The molecular weight excluding hydrogens is 158 g/mol. The third-order valence-electron chi connectivity index (χ3n) is 4.20. The van der Waals surface area contributed by atoms with Crippen molar-refractivity contribution in [3.05, 3.63) is 0 Å². The summed E-state index contributed by atoms with van der Waals surface area (Å²) in [5, 5.41) is 0. The summed E-state index contributed by atoms with van der Waals surface area (Å²) in [4.78, 5) is 0. The van der Waals surface area contributed by atoms with Gasteiger partial charge in [0.1, 0.15) is 0 Å². The van der Waals surface area contributed by atoms with Crippen LogP contribution in [0.5, 0.6) is 0 Å². The molecule has 0 aromatic rings. The Morgan fingerprint density at radius 3 is 2.27 bits per heavy atom. The van der Waals surface area contributed by atoms with Crippen LogP contribution in [0, 0.1) is 23.7 Å². The molecule has 0 saturated heterocycles. The zero-order chi connectivity index (χ0) is 6.72. The molecule has 3 fully saturated rings. The van der Waals surface area contributed by atoms with Gasteiger partial charge in [0.15, 0.2) is 0 Å². The number of nitrogens with two attached hydrogens (primary N) is 1. The average molecular weight is 174 g/mol. The van der Waals surface area contributed by atoms with E-state index >= 15 is 0 Å². The molecule has 0 aromatic heterocycles. The van der Waals surface area contributed by atoms with Crippen LogP contribution in [-0.2, 0) is 0 Å². The van der Waals surface area contributed by atoms with Crippen molar-refractivity contribution >= 4 is 12.4 Å². The highest BCUT2D eigenvalue weighted by Crippen LogP contribution is 2.60. The van der Waals surface area contributed by atoms with E-state index in [-0.39, 0.29) is 12.4 Å². The van der Waals surface area contributed by atoms with Gasteiger partial charge in [-0.1, -0.05) is 0 Å². The summed E-state index contributed by atoms with van der Waals surface area (Å²) in [7, 11) is 0. The highest BCUT2D eigenvalue weighted by Gasteiger charge is 2.55. The summed E-state index contributed by atoms with van der Waals surface area (Å²) in [5.41, 5.74) is 5.95. The quantitative estimate of drug-likeness (QED) is 0.594. The van der Waals surface area contributed by atoms with Gasteiger partial charge >= 0.3 is 0 Å². The van der Waals surface area contributed by atoms with E-state index in [0.717, 1.165) is 23.7 Å². The molecule has 0 spiro atoms. The highest BCUT2D eigenvalue weighted by molar-refractivity contribution is 5.85. The van der Waals surface area contributed by atoms with Crippen molar-refractivity contribution in [3.8, 4) is 0 Å². The van der Waals surface area contributed by atoms with Crippen LogP contribution in [0.3, 0.4) is 0 Å². The lowest BCUT2D eigenvalue weighted by Gasteiger charge is -2.45. The SMILES string of the molecule is Cl.NC1CC2C3CCC(C3)C12. The predicted octanol–water partition coefficient (Wildman–Crippen LogP) is 1.80. The van der Waals surface area contributed by atoms with Gasteiger partial charge in [0.25, 0.3) is 0 Å². The van der Waals surface area contributed by atoms with Crippen LogP contribution in [0.2, 0.25) is 0 Å². The molecule has 3 saturated carbocycles. The summed E-state index contributed by atoms with van der Waals surface area (Å²) in [5.74, 6) is 4.21. The molecule has 2 N–H and O–H groups in total. The van der Waals surface area contributed by atoms with Gasteiger partial charge < -0.3 is 5.73 Å². The second-order valence-electron chi connectivity index (χ2n) is 4.47. The van der Waals surface area contributed by atoms with Gasteiger partial charge in [0.2, 0.25) is 0 Å². The van der Waals surface area contributed by atoms with Crippen LogP contribution in [0.1, 0.15) is 25.7 Å². The molecular formula is C9H16ClN. The van der Waals surface area contributed by atoms with Crippen LogP contribution in [0.15, 0.2) is 0 Å². The van der Waals surface area contributed by atoms with Crippen molar-refractivity contribution in [3.63, 3.8) is 0 Å². The number of fused-ring (bicyclic) bond motifs is 5. The Morgan fingerprint density at radius 1 is 1.00 bits per heavy atom. The second kappa shape index (κ2) is 2.37. The molecule has 5 unspecified atom stereocenters. The Balaban J connectivity index is 0.000000480. The minimum Gasteiger partial charge on any atom is -0.327 e. The van der Waals surface area contributed by atoms with E-state index < -0.39 is 0 Å². The molecule has 0 heterocycles. The molecule has 5 atom stereocenters. The van der Waals surface area contributed by atoms with E-state index in [0.29, 0.717) is 6.04 Å². The van der Waals surface area contributed by atoms with Gasteiger partial charge in [0.05, 0.1) is 0 Å². The number of hydrogen-bond donors (Lipinski definition) is 1. The molecule has 3 aliphatic rings. The maximum atomic E-state index is 5.95. The van der Waals surface area contributed by atoms with Crippen molar-refractivity contribution in [1.29, 1.82) is 0 Å². The van der Waals surface area contributed by atoms with Crippen molar-refractivity contribution in [1.82, 2.24) is 0 Å². The first-order valence-corrected chi connectivity index (χ1v) is 4.62. The minimum absolute atomic E-state index is 0. The zero-order valence-corrected chi connectivity index (χ0v) is 7.52. The first kappa shape index (κ1) is 7.88. The molecule has 1 nitrogen and oxygen atoms in total. The van der Waals surface area contributed by atoms with Gasteiger partial charge in [-0.3, -0.25) is 0 Å². The first-order valence-electron chi connectivity index (χ1n) is 4.62. The molecule has 0 aromatic carbocycles. The van der Waals surface area contributed by atoms with Crippen molar-refractivity contribution < 1.29 is 0 Å². The molecule has 2 heteroatoms. The third kappa shape index (κ3) is 0.815. The van der Waals surface area contributed by atoms with Gasteiger partial charge in [-0.2, -0.15) is 0 Å². The fraction of sp³-hybridized carbons (Fsp3) is 1.00. The molecule has 0 aliphatic heterocycles. The standard InChI is InChI=1S/C9H15N.ClH/c10-8-4-7-5-1-2-6(3-5)9(7)8;/h5-9H,1-4,10H2;1H. The number of hydrogen-bond acceptors (Lipinski definition) is 1. The van der Waals surface area contributed by atoms with Crippen LogP contribution < -0.4 is 5.73 Å². The summed E-state index contributed by atoms with van der Waals surface area (Å²) in [6.07, 6.45) is 5.91. The highest BCUT2D eigenvalue weighted by atomic mass is 35.5. The van der Waals surface area contributed by atoms with Crippen LogP contribution >= 0.6 is 12.4 Å². The first-order chi connectivity index (χ1) is 4.86. The Bertz CT molecular complexity index is 169. The number of rotatable bonds is 0. The summed E-state index contributed by atoms with van der Waals surface area (Å²) in [6, 6.07) is 0.597. The molecule has 0 radical (unpaired) electrons. The van der Waals surface area contributed by atoms with Crippen LogP contribution in [-0.4, -0.2) is 6.04 Å². The third-order valence-corrected chi connectivity index (χ3v) is 4.20. The summed E-state index contributed by atoms with van der Waals surface area (Å²) < 4.78 is 0. The lowest BCUT2D eigenvalue weighted by molar-refractivity contribution is 0.0722. The van der Waals surface area contributed by atoms with E-state index in [2.05, 4.69) is 0 Å². The predicted molar refractivity (Wildman–Crippen MR) is 47.7 cm³/mol. The lowest BCUT2D eigenvalue weighted by atomic mass is 9.62. The maximum absolute atomic E-state index is 5.95. The lowest BCUT2D eigenvalue weighted by Crippen LogP contribution is -2.50. The Labute approximate surface area is 74.1 Å². The minimum atomic E-state index is 0.